The normalized spacial score (nSPS) is 26.4. The van der Waals surface area contributed by atoms with Gasteiger partial charge in [-0.15, -0.1) is 0 Å². The molecule has 4 rings (SSSR count). The van der Waals surface area contributed by atoms with Crippen LogP contribution in [0.2, 0.25) is 0 Å². The van der Waals surface area contributed by atoms with E-state index in [1.165, 1.54) is 16.6 Å². The van der Waals surface area contributed by atoms with Gasteiger partial charge in [-0.25, -0.2) is 0 Å². The SMILES string of the molecule is CN1CCCC2(CCN(Cc3cc4ccccc4[nH]3)C2)C1=O. The third kappa shape index (κ3) is 2.22. The van der Waals surface area contributed by atoms with Crippen LogP contribution in [-0.4, -0.2) is 47.4 Å². The van der Waals surface area contributed by atoms with Gasteiger partial charge in [0, 0.05) is 37.9 Å². The van der Waals surface area contributed by atoms with Crippen molar-refractivity contribution < 1.29 is 4.79 Å². The van der Waals surface area contributed by atoms with Gasteiger partial charge >= 0.3 is 0 Å². The maximum Gasteiger partial charge on any atom is 0.229 e. The zero-order valence-electron chi connectivity index (χ0n) is 13.1. The Morgan fingerprint density at radius 3 is 2.95 bits per heavy atom. The highest BCUT2D eigenvalue weighted by atomic mass is 16.2. The topological polar surface area (TPSA) is 39.3 Å². The van der Waals surface area contributed by atoms with Gasteiger partial charge in [0.05, 0.1) is 5.41 Å². The van der Waals surface area contributed by atoms with E-state index in [4.69, 9.17) is 0 Å². The predicted molar refractivity (Wildman–Crippen MR) is 87.5 cm³/mol. The number of para-hydroxylation sites is 1. The molecular formula is C18H23N3O. The summed E-state index contributed by atoms with van der Waals surface area (Å²) in [5.74, 6) is 0.359. The van der Waals surface area contributed by atoms with Crippen LogP contribution in [0.1, 0.15) is 25.0 Å². The van der Waals surface area contributed by atoms with E-state index in [9.17, 15) is 4.79 Å². The number of H-pyrrole nitrogens is 1. The molecule has 1 atom stereocenters. The van der Waals surface area contributed by atoms with E-state index in [2.05, 4.69) is 40.2 Å². The van der Waals surface area contributed by atoms with E-state index in [1.54, 1.807) is 0 Å². The molecule has 0 bridgehead atoms. The molecule has 1 aromatic carbocycles. The van der Waals surface area contributed by atoms with Crippen molar-refractivity contribution in [3.05, 3.63) is 36.0 Å². The highest BCUT2D eigenvalue weighted by molar-refractivity contribution is 5.84. The molecule has 4 heteroatoms. The summed E-state index contributed by atoms with van der Waals surface area (Å²) in [4.78, 5) is 20.4. The Balaban J connectivity index is 1.50. The number of benzene rings is 1. The van der Waals surface area contributed by atoms with Crippen LogP contribution < -0.4 is 0 Å². The fraction of sp³-hybridized carbons (Fsp3) is 0.500. The van der Waals surface area contributed by atoms with Gasteiger partial charge in [-0.2, -0.15) is 0 Å². The van der Waals surface area contributed by atoms with Crippen LogP contribution in [0.15, 0.2) is 30.3 Å². The first-order valence-electron chi connectivity index (χ1n) is 8.21. The third-order valence-electron chi connectivity index (χ3n) is 5.36. The predicted octanol–water partition coefficient (Wildman–Crippen LogP) is 2.61. The molecule has 0 aliphatic carbocycles. The second-order valence-electron chi connectivity index (χ2n) is 6.95. The van der Waals surface area contributed by atoms with Crippen molar-refractivity contribution in [1.82, 2.24) is 14.8 Å². The van der Waals surface area contributed by atoms with Gasteiger partial charge in [-0.1, -0.05) is 18.2 Å². The highest BCUT2D eigenvalue weighted by Gasteiger charge is 2.47. The Hall–Kier alpha value is -1.81. The summed E-state index contributed by atoms with van der Waals surface area (Å²) < 4.78 is 0. The monoisotopic (exact) mass is 297 g/mol. The number of rotatable bonds is 2. The van der Waals surface area contributed by atoms with Crippen molar-refractivity contribution in [1.29, 1.82) is 0 Å². The number of nitrogens with one attached hydrogen (secondary N) is 1. The molecule has 1 amide bonds. The Bertz CT molecular complexity index is 674. The average Bonchev–Trinajstić information content (AvgIpc) is 3.09. The summed E-state index contributed by atoms with van der Waals surface area (Å²) in [6, 6.07) is 10.6. The van der Waals surface area contributed by atoms with Crippen molar-refractivity contribution >= 4 is 16.8 Å². The van der Waals surface area contributed by atoms with Crippen molar-refractivity contribution in [2.45, 2.75) is 25.8 Å². The summed E-state index contributed by atoms with van der Waals surface area (Å²) in [6.07, 6.45) is 3.21. The summed E-state index contributed by atoms with van der Waals surface area (Å²) in [5, 5.41) is 1.26. The number of hydrogen-bond donors (Lipinski definition) is 1. The first-order valence-corrected chi connectivity index (χ1v) is 8.21. The minimum atomic E-state index is -0.112. The van der Waals surface area contributed by atoms with Crippen LogP contribution in [0.3, 0.4) is 0 Å². The fourth-order valence-electron chi connectivity index (χ4n) is 4.20. The zero-order chi connectivity index (χ0) is 15.2. The summed E-state index contributed by atoms with van der Waals surface area (Å²) in [7, 11) is 1.95. The van der Waals surface area contributed by atoms with E-state index >= 15 is 0 Å². The van der Waals surface area contributed by atoms with Crippen molar-refractivity contribution in [2.24, 2.45) is 5.41 Å². The molecule has 1 aromatic heterocycles. The van der Waals surface area contributed by atoms with E-state index in [0.717, 1.165) is 45.4 Å². The van der Waals surface area contributed by atoms with Gasteiger partial charge in [0.1, 0.15) is 0 Å². The van der Waals surface area contributed by atoms with Crippen LogP contribution in [0, 0.1) is 5.41 Å². The first kappa shape index (κ1) is 13.8. The number of aromatic amines is 1. The number of aromatic nitrogens is 1. The Morgan fingerprint density at radius 2 is 2.09 bits per heavy atom. The first-order chi connectivity index (χ1) is 10.7. The van der Waals surface area contributed by atoms with Crippen molar-refractivity contribution in [2.75, 3.05) is 26.7 Å². The van der Waals surface area contributed by atoms with E-state index < -0.39 is 0 Å². The number of amides is 1. The Morgan fingerprint density at radius 1 is 1.23 bits per heavy atom. The number of nitrogens with zero attached hydrogens (tertiary/aromatic N) is 2. The molecule has 0 radical (unpaired) electrons. The van der Waals surface area contributed by atoms with Crippen LogP contribution in [-0.2, 0) is 11.3 Å². The lowest BCUT2D eigenvalue weighted by molar-refractivity contribution is -0.143. The lowest BCUT2D eigenvalue weighted by Crippen LogP contribution is -2.48. The number of likely N-dealkylation sites (tertiary alicyclic amines) is 2. The van der Waals surface area contributed by atoms with E-state index in [1.807, 2.05) is 11.9 Å². The molecule has 1 unspecified atom stereocenters. The van der Waals surface area contributed by atoms with Crippen LogP contribution >= 0.6 is 0 Å². The number of carbonyl (C=O) groups is 1. The van der Waals surface area contributed by atoms with Crippen LogP contribution in [0.25, 0.3) is 10.9 Å². The summed E-state index contributed by atoms with van der Waals surface area (Å²) >= 11 is 0. The third-order valence-corrected chi connectivity index (χ3v) is 5.36. The summed E-state index contributed by atoms with van der Waals surface area (Å²) in [5.41, 5.74) is 2.33. The Kier molecular flexibility index (Phi) is 3.22. The van der Waals surface area contributed by atoms with Gasteiger partial charge in [0.15, 0.2) is 0 Å². The van der Waals surface area contributed by atoms with Crippen LogP contribution in [0.4, 0.5) is 0 Å². The molecule has 116 valence electrons. The van der Waals surface area contributed by atoms with Gasteiger partial charge in [0.2, 0.25) is 5.91 Å². The quantitative estimate of drug-likeness (QED) is 0.925. The molecule has 2 aliphatic heterocycles. The molecule has 0 saturated carbocycles. The molecule has 1 spiro atoms. The summed E-state index contributed by atoms with van der Waals surface area (Å²) in [6.45, 7) is 3.76. The van der Waals surface area contributed by atoms with Gasteiger partial charge in [-0.05, 0) is 43.3 Å². The largest absolute Gasteiger partial charge is 0.357 e. The second-order valence-corrected chi connectivity index (χ2v) is 6.95. The lowest BCUT2D eigenvalue weighted by Gasteiger charge is -2.37. The number of fused-ring (bicyclic) bond motifs is 1. The smallest absolute Gasteiger partial charge is 0.229 e. The lowest BCUT2D eigenvalue weighted by atomic mass is 9.78. The average molecular weight is 297 g/mol. The molecule has 1 N–H and O–H groups in total. The number of hydrogen-bond acceptors (Lipinski definition) is 2. The standard InChI is InChI=1S/C18H23N3O/c1-20-9-4-7-18(17(20)22)8-10-21(13-18)12-15-11-14-5-2-3-6-16(14)19-15/h2-3,5-6,11,19H,4,7-10,12-13H2,1H3. The van der Waals surface area contributed by atoms with E-state index in [0.29, 0.717) is 5.91 Å². The zero-order valence-corrected chi connectivity index (χ0v) is 13.1. The molecular weight excluding hydrogens is 274 g/mol. The molecule has 22 heavy (non-hydrogen) atoms. The van der Waals surface area contributed by atoms with Crippen molar-refractivity contribution in [3.8, 4) is 0 Å². The van der Waals surface area contributed by atoms with Crippen LogP contribution in [0.5, 0.6) is 0 Å². The molecule has 2 fully saturated rings. The van der Waals surface area contributed by atoms with Gasteiger partial charge in [0.25, 0.3) is 0 Å². The number of carbonyl (C=O) groups excluding carboxylic acids is 1. The molecule has 3 heterocycles. The molecule has 2 saturated heterocycles. The maximum absolute atomic E-state index is 12.6. The molecule has 2 aromatic rings. The van der Waals surface area contributed by atoms with Gasteiger partial charge in [-0.3, -0.25) is 9.69 Å². The minimum absolute atomic E-state index is 0.112. The molecule has 4 nitrogen and oxygen atoms in total. The highest BCUT2D eigenvalue weighted by Crippen LogP contribution is 2.40. The van der Waals surface area contributed by atoms with Crippen molar-refractivity contribution in [3.63, 3.8) is 0 Å². The number of piperidine rings is 1. The van der Waals surface area contributed by atoms with Gasteiger partial charge < -0.3 is 9.88 Å². The fourth-order valence-corrected chi connectivity index (χ4v) is 4.20. The maximum atomic E-state index is 12.6. The second kappa shape index (κ2) is 5.13. The Labute approximate surface area is 131 Å². The molecule has 2 aliphatic rings. The van der Waals surface area contributed by atoms with E-state index in [-0.39, 0.29) is 5.41 Å². The minimum Gasteiger partial charge on any atom is -0.357 e.